The summed E-state index contributed by atoms with van der Waals surface area (Å²) in [5, 5.41) is 2.50. The summed E-state index contributed by atoms with van der Waals surface area (Å²) in [6.07, 6.45) is 3.73. The summed E-state index contributed by atoms with van der Waals surface area (Å²) >= 11 is 0. The molecule has 0 saturated heterocycles. The first-order chi connectivity index (χ1) is 25.6. The molecule has 9 rings (SSSR count). The van der Waals surface area contributed by atoms with E-state index in [9.17, 15) is 0 Å². The summed E-state index contributed by atoms with van der Waals surface area (Å²) in [6, 6.07) is 63.4. The zero-order chi connectivity index (χ0) is 35.0. The Morgan fingerprint density at radius 3 is 1.83 bits per heavy atom. The fourth-order valence-corrected chi connectivity index (χ4v) is 7.62. The molecule has 0 radical (unpaired) electrons. The standard InChI is InChI=1S/C49H37N3/c1-34-12-6-7-17-43(34)49-35(2)13-10-20-48(49)51(42-28-23-37(24-29-42)39-14-11-31-50-33-39)41-26-21-36(22-27-41)38-25-30-47-45(32-38)44-18-8-9-19-46(44)52(47)40-15-4-3-5-16-40/h3-33H,1-2H3. The molecule has 52 heavy (non-hydrogen) atoms. The maximum Gasteiger partial charge on any atom is 0.0542 e. The van der Waals surface area contributed by atoms with Crippen molar-refractivity contribution in [2.24, 2.45) is 0 Å². The van der Waals surface area contributed by atoms with Crippen LogP contribution in [0.5, 0.6) is 0 Å². The van der Waals surface area contributed by atoms with E-state index in [4.69, 9.17) is 0 Å². The van der Waals surface area contributed by atoms with Crippen molar-refractivity contribution < 1.29 is 0 Å². The molecule has 0 aliphatic carbocycles. The van der Waals surface area contributed by atoms with Gasteiger partial charge in [0.2, 0.25) is 0 Å². The Bertz CT molecular complexity index is 2670. The highest BCUT2D eigenvalue weighted by Crippen LogP contribution is 2.44. The minimum atomic E-state index is 1.09. The first-order valence-corrected chi connectivity index (χ1v) is 17.8. The first kappa shape index (κ1) is 31.3. The summed E-state index contributed by atoms with van der Waals surface area (Å²) < 4.78 is 2.36. The van der Waals surface area contributed by atoms with E-state index in [1.165, 1.54) is 60.9 Å². The third-order valence-corrected chi connectivity index (χ3v) is 10.2. The van der Waals surface area contributed by atoms with Crippen molar-refractivity contribution in [3.05, 3.63) is 199 Å². The summed E-state index contributed by atoms with van der Waals surface area (Å²) in [4.78, 5) is 6.74. The molecule has 0 aliphatic rings. The van der Waals surface area contributed by atoms with Crippen LogP contribution in [0.4, 0.5) is 17.1 Å². The second kappa shape index (κ2) is 13.2. The third-order valence-electron chi connectivity index (χ3n) is 10.2. The van der Waals surface area contributed by atoms with Crippen LogP contribution in [0.25, 0.3) is 60.9 Å². The largest absolute Gasteiger partial charge is 0.310 e. The third kappa shape index (κ3) is 5.53. The molecule has 2 heterocycles. The van der Waals surface area contributed by atoms with Crippen molar-refractivity contribution in [3.63, 3.8) is 0 Å². The molecule has 248 valence electrons. The Hall–Kier alpha value is -6.71. The summed E-state index contributed by atoms with van der Waals surface area (Å²) in [7, 11) is 0. The van der Waals surface area contributed by atoms with Crippen LogP contribution in [0.15, 0.2) is 188 Å². The number of aryl methyl sites for hydroxylation is 2. The van der Waals surface area contributed by atoms with Crippen LogP contribution in [0, 0.1) is 13.8 Å². The maximum absolute atomic E-state index is 4.35. The molecule has 3 heteroatoms. The van der Waals surface area contributed by atoms with Crippen molar-refractivity contribution in [1.29, 1.82) is 0 Å². The number of anilines is 3. The molecular formula is C49H37N3. The second-order valence-electron chi connectivity index (χ2n) is 13.4. The van der Waals surface area contributed by atoms with Gasteiger partial charge in [0.15, 0.2) is 0 Å². The van der Waals surface area contributed by atoms with Gasteiger partial charge >= 0.3 is 0 Å². The van der Waals surface area contributed by atoms with E-state index in [2.05, 4.69) is 198 Å². The number of hydrogen-bond acceptors (Lipinski definition) is 2. The zero-order valence-electron chi connectivity index (χ0n) is 29.2. The van der Waals surface area contributed by atoms with Crippen LogP contribution in [0.1, 0.15) is 11.1 Å². The second-order valence-corrected chi connectivity index (χ2v) is 13.4. The van der Waals surface area contributed by atoms with Gasteiger partial charge in [-0.2, -0.15) is 0 Å². The van der Waals surface area contributed by atoms with Crippen LogP contribution < -0.4 is 4.90 Å². The van der Waals surface area contributed by atoms with E-state index in [0.717, 1.165) is 28.2 Å². The lowest BCUT2D eigenvalue weighted by atomic mass is 9.93. The lowest BCUT2D eigenvalue weighted by Gasteiger charge is -2.29. The molecule has 0 N–H and O–H groups in total. The molecular weight excluding hydrogens is 631 g/mol. The van der Waals surface area contributed by atoms with Gasteiger partial charge in [-0.15, -0.1) is 0 Å². The fourth-order valence-electron chi connectivity index (χ4n) is 7.62. The molecule has 0 saturated carbocycles. The predicted molar refractivity (Wildman–Crippen MR) is 219 cm³/mol. The Morgan fingerprint density at radius 2 is 1.10 bits per heavy atom. The van der Waals surface area contributed by atoms with Gasteiger partial charge in [-0.05, 0) is 120 Å². The van der Waals surface area contributed by atoms with E-state index in [1.807, 2.05) is 18.5 Å². The molecule has 2 aromatic heterocycles. The quantitative estimate of drug-likeness (QED) is 0.169. The number of para-hydroxylation sites is 2. The number of rotatable bonds is 7. The van der Waals surface area contributed by atoms with Crippen molar-refractivity contribution in [2.75, 3.05) is 4.90 Å². The topological polar surface area (TPSA) is 21.1 Å². The number of fused-ring (bicyclic) bond motifs is 3. The van der Waals surface area contributed by atoms with E-state index < -0.39 is 0 Å². The monoisotopic (exact) mass is 667 g/mol. The summed E-state index contributed by atoms with van der Waals surface area (Å²) in [5.74, 6) is 0. The predicted octanol–water partition coefficient (Wildman–Crippen LogP) is 13.3. The molecule has 0 aliphatic heterocycles. The Balaban J connectivity index is 1.16. The Labute approximate surface area is 304 Å². The van der Waals surface area contributed by atoms with Crippen LogP contribution in [0.2, 0.25) is 0 Å². The van der Waals surface area contributed by atoms with Gasteiger partial charge in [0.05, 0.1) is 16.7 Å². The summed E-state index contributed by atoms with van der Waals surface area (Å²) in [6.45, 7) is 4.41. The van der Waals surface area contributed by atoms with E-state index >= 15 is 0 Å². The van der Waals surface area contributed by atoms with Crippen molar-refractivity contribution in [2.45, 2.75) is 13.8 Å². The highest BCUT2D eigenvalue weighted by molar-refractivity contribution is 6.10. The Morgan fingerprint density at radius 1 is 0.462 bits per heavy atom. The van der Waals surface area contributed by atoms with E-state index in [-0.39, 0.29) is 0 Å². The number of aromatic nitrogens is 2. The van der Waals surface area contributed by atoms with Gasteiger partial charge in [0, 0.05) is 45.8 Å². The van der Waals surface area contributed by atoms with E-state index in [1.54, 1.807) is 0 Å². The van der Waals surface area contributed by atoms with Crippen LogP contribution >= 0.6 is 0 Å². The van der Waals surface area contributed by atoms with Crippen molar-refractivity contribution in [3.8, 4) is 39.1 Å². The lowest BCUT2D eigenvalue weighted by Crippen LogP contribution is -2.12. The molecule has 7 aromatic carbocycles. The minimum Gasteiger partial charge on any atom is -0.310 e. The average Bonchev–Trinajstić information content (AvgIpc) is 3.53. The highest BCUT2D eigenvalue weighted by Gasteiger charge is 2.20. The highest BCUT2D eigenvalue weighted by atomic mass is 15.1. The number of benzene rings is 7. The molecule has 0 bridgehead atoms. The average molecular weight is 668 g/mol. The zero-order valence-corrected chi connectivity index (χ0v) is 29.2. The van der Waals surface area contributed by atoms with Gasteiger partial charge in [-0.1, -0.05) is 109 Å². The van der Waals surface area contributed by atoms with Crippen LogP contribution in [-0.4, -0.2) is 9.55 Å². The van der Waals surface area contributed by atoms with Crippen LogP contribution in [0.3, 0.4) is 0 Å². The normalized spacial score (nSPS) is 11.3. The molecule has 9 aromatic rings. The van der Waals surface area contributed by atoms with Gasteiger partial charge in [0.25, 0.3) is 0 Å². The number of nitrogens with zero attached hydrogens (tertiary/aromatic N) is 3. The van der Waals surface area contributed by atoms with Crippen LogP contribution in [-0.2, 0) is 0 Å². The molecule has 3 nitrogen and oxygen atoms in total. The minimum absolute atomic E-state index is 1.09. The number of hydrogen-bond donors (Lipinski definition) is 0. The first-order valence-electron chi connectivity index (χ1n) is 17.8. The fraction of sp³-hybridized carbons (Fsp3) is 0.0408. The molecule has 0 atom stereocenters. The maximum atomic E-state index is 4.35. The smallest absolute Gasteiger partial charge is 0.0542 e. The molecule has 0 fully saturated rings. The molecule has 0 spiro atoms. The van der Waals surface area contributed by atoms with Crippen molar-refractivity contribution in [1.82, 2.24) is 9.55 Å². The van der Waals surface area contributed by atoms with Gasteiger partial charge < -0.3 is 9.47 Å². The van der Waals surface area contributed by atoms with Gasteiger partial charge in [-0.25, -0.2) is 0 Å². The van der Waals surface area contributed by atoms with Gasteiger partial charge in [-0.3, -0.25) is 4.98 Å². The molecule has 0 amide bonds. The van der Waals surface area contributed by atoms with Crippen molar-refractivity contribution >= 4 is 38.9 Å². The number of pyridine rings is 1. The SMILES string of the molecule is Cc1ccccc1-c1c(C)cccc1N(c1ccc(-c2cccnc2)cc1)c1ccc(-c2ccc3c(c2)c2ccccc2n3-c2ccccc2)cc1. The van der Waals surface area contributed by atoms with Gasteiger partial charge in [0.1, 0.15) is 0 Å². The molecule has 0 unspecified atom stereocenters. The lowest BCUT2D eigenvalue weighted by molar-refractivity contribution is 1.18. The Kier molecular flexibility index (Phi) is 7.94. The van der Waals surface area contributed by atoms with E-state index in [0.29, 0.717) is 0 Å². The summed E-state index contributed by atoms with van der Waals surface area (Å²) in [5.41, 5.74) is 16.5.